The summed E-state index contributed by atoms with van der Waals surface area (Å²) in [4.78, 5) is 13.8. The molecule has 29 heteroatoms. The number of aliphatic hydroxyl groups is 11. The monoisotopic (exact) mass is 1210 g/mol. The smallest absolute Gasteiger partial charge is 0.314 e. The molecule has 28 nitrogen and oxygen atoms in total. The molecule has 10 rings (SSSR count). The molecule has 9 fully saturated rings. The van der Waals surface area contributed by atoms with E-state index in [9.17, 15) is 73.9 Å². The normalized spacial score (nSPS) is 52.4. The standard InChI is InChI=1S/C54H84O28S/c1-20(2)31-25-15-53(7)23-9-10-29-51(4,5)30(12-13-52(29,6)22(23)11-14-54(31,53)50(66)76-25)77-48-43(34(60)28(19-72-48)82-83(67,68)69)81-49-44(80-46-36(62)35(61)32(58)26(16-55)74-46)37(63)40(21(3)73-49)78-47-39(65)42(33(59)27(17-56)75-47)79-45-38(64)41(70-8)24(57)18-71-45/h9,21-22,24-49,55-65H,1,10-19H2,2-8H3,(H,67,68,69)/p-1/t21-,22-,24-,25+,26-,27-,28-,29+,30+,31+,32-,33-,34+,35+,36-,37+,38-,39-,40-,41+,42+,43-,44-,45+,46+,47+,48+,49+,52-,53+,54-/m1/s1. The fourth-order valence-electron chi connectivity index (χ4n) is 16.4. The highest BCUT2D eigenvalue weighted by Crippen LogP contribution is 2.76. The van der Waals surface area contributed by atoms with E-state index < -0.39 is 194 Å². The van der Waals surface area contributed by atoms with E-state index in [1.165, 1.54) is 19.6 Å². The Morgan fingerprint density at radius 2 is 1.30 bits per heavy atom. The van der Waals surface area contributed by atoms with Crippen LogP contribution in [0.1, 0.15) is 80.1 Å². The van der Waals surface area contributed by atoms with Crippen LogP contribution >= 0.6 is 0 Å². The largest absolute Gasteiger partial charge is 0.726 e. The number of methoxy groups -OCH3 is 1. The number of carbonyl (C=O) groups excluding carboxylic acids is 1. The Balaban J connectivity index is 0.924. The predicted molar refractivity (Wildman–Crippen MR) is 272 cm³/mol. The molecule has 31 atom stereocenters. The zero-order valence-corrected chi connectivity index (χ0v) is 48.1. The van der Waals surface area contributed by atoms with Crippen LogP contribution in [-0.4, -0.2) is 262 Å². The summed E-state index contributed by atoms with van der Waals surface area (Å²) < 4.78 is 113. The Kier molecular flexibility index (Phi) is 18.3. The SMILES string of the molecule is C=C(C)[C@H]1[C@@H]2C[C@@]3(C)C4=CC[C@H]5C(C)(C)[C@@H](O[C@@H]6OC[C@@H](OS(=O)(=O)[O-])[C@H](O)[C@H]6O[C@@H]6O[C@H](C)[C@@H](O[C@@H]7O[C@H](CO)[C@@H](O)[C@H](O[C@@H]8OC[C@@H](O)[C@H](OC)[C@H]8O)[C@H]7O)[C@H](O)[C@H]6O[C@@H]6O[C@H](CO)[C@@H](O)[C@H](O)[C@H]6O)CC[C@]5(C)[C@@H]4CC[C@]13C(=O)O2. The topological polar surface area (TPSA) is 417 Å². The first-order chi connectivity index (χ1) is 39.0. The average Bonchev–Trinajstić information content (AvgIpc) is 1.89. The van der Waals surface area contributed by atoms with E-state index in [0.717, 1.165) is 12.0 Å². The number of hydrogen-bond donors (Lipinski definition) is 11. The molecule has 83 heavy (non-hydrogen) atoms. The lowest BCUT2D eigenvalue weighted by Crippen LogP contribution is -2.68. The van der Waals surface area contributed by atoms with Crippen LogP contribution in [0.15, 0.2) is 23.8 Å². The zero-order valence-electron chi connectivity index (χ0n) is 47.3. The van der Waals surface area contributed by atoms with E-state index >= 15 is 0 Å². The summed E-state index contributed by atoms with van der Waals surface area (Å²) in [6.45, 7) is 13.4. The van der Waals surface area contributed by atoms with Crippen molar-refractivity contribution in [1.29, 1.82) is 0 Å². The third-order valence-corrected chi connectivity index (χ3v) is 21.0. The van der Waals surface area contributed by atoms with E-state index in [-0.39, 0.29) is 41.8 Å². The second-order valence-corrected chi connectivity index (χ2v) is 26.5. The fraction of sp³-hybridized carbons (Fsp3) is 0.907. The van der Waals surface area contributed by atoms with E-state index in [2.05, 4.69) is 40.3 Å². The van der Waals surface area contributed by atoms with Crippen molar-refractivity contribution in [1.82, 2.24) is 0 Å². The fourth-order valence-corrected chi connectivity index (χ4v) is 16.9. The molecular formula is C54H83O28S-. The highest BCUT2D eigenvalue weighted by molar-refractivity contribution is 7.80. The van der Waals surface area contributed by atoms with E-state index in [1.807, 2.05) is 6.92 Å². The number of rotatable bonds is 16. The van der Waals surface area contributed by atoms with Gasteiger partial charge in [0.05, 0.1) is 44.1 Å². The van der Waals surface area contributed by atoms with E-state index in [1.54, 1.807) is 0 Å². The molecule has 6 heterocycles. The Bertz CT molecular complexity index is 2490. The van der Waals surface area contributed by atoms with Gasteiger partial charge in [0.25, 0.3) is 0 Å². The van der Waals surface area contributed by atoms with Crippen LogP contribution < -0.4 is 0 Å². The Hall–Kier alpha value is -2.06. The molecule has 0 aromatic heterocycles. The maximum Gasteiger partial charge on any atom is 0.314 e. The molecule has 0 aromatic rings. The third kappa shape index (κ3) is 10.8. The van der Waals surface area contributed by atoms with Gasteiger partial charge in [-0.15, -0.1) is 0 Å². The average molecular weight is 1210 g/mol. The third-order valence-electron chi connectivity index (χ3n) is 20.6. The lowest BCUT2D eigenvalue weighted by atomic mass is 9.40. The summed E-state index contributed by atoms with van der Waals surface area (Å²) >= 11 is 0. The molecule has 6 aliphatic heterocycles. The van der Waals surface area contributed by atoms with Gasteiger partial charge in [-0.05, 0) is 75.0 Å². The minimum atomic E-state index is -5.51. The van der Waals surface area contributed by atoms with E-state index in [4.69, 9.17) is 61.0 Å². The molecule has 474 valence electrons. The van der Waals surface area contributed by atoms with Crippen molar-refractivity contribution in [3.8, 4) is 0 Å². The molecule has 11 N–H and O–H groups in total. The van der Waals surface area contributed by atoms with Crippen molar-refractivity contribution in [2.24, 2.45) is 39.4 Å². The van der Waals surface area contributed by atoms with Gasteiger partial charge in [0.2, 0.25) is 10.4 Å². The summed E-state index contributed by atoms with van der Waals surface area (Å²) in [5, 5.41) is 122. The first-order valence-electron chi connectivity index (χ1n) is 28.5. The molecule has 6 saturated heterocycles. The lowest BCUT2D eigenvalue weighted by molar-refractivity contribution is -0.405. The van der Waals surface area contributed by atoms with Gasteiger partial charge in [-0.25, -0.2) is 8.42 Å². The molecule has 0 radical (unpaired) electrons. The van der Waals surface area contributed by atoms with Crippen LogP contribution in [0.5, 0.6) is 0 Å². The lowest BCUT2D eigenvalue weighted by Gasteiger charge is -2.64. The van der Waals surface area contributed by atoms with Crippen LogP contribution in [0.4, 0.5) is 0 Å². The van der Waals surface area contributed by atoms with Crippen molar-refractivity contribution in [3.05, 3.63) is 23.8 Å². The number of esters is 1. The maximum atomic E-state index is 13.8. The zero-order chi connectivity index (χ0) is 60.4. The van der Waals surface area contributed by atoms with Crippen molar-refractivity contribution in [3.63, 3.8) is 0 Å². The van der Waals surface area contributed by atoms with Gasteiger partial charge in [0.15, 0.2) is 31.5 Å². The molecular weight excluding hydrogens is 1130 g/mol. The molecule has 0 unspecified atom stereocenters. The quantitative estimate of drug-likeness (QED) is 0.0311. The molecule has 10 aliphatic rings. The second-order valence-electron chi connectivity index (χ2n) is 25.5. The summed E-state index contributed by atoms with van der Waals surface area (Å²) in [5.74, 6) is -0.141. The molecule has 0 aromatic carbocycles. The van der Waals surface area contributed by atoms with Crippen molar-refractivity contribution >= 4 is 16.4 Å². The van der Waals surface area contributed by atoms with Crippen molar-refractivity contribution in [2.45, 2.75) is 234 Å². The van der Waals surface area contributed by atoms with Gasteiger partial charge in [-0.1, -0.05) is 51.5 Å². The summed E-state index contributed by atoms with van der Waals surface area (Å²) in [7, 11) is -4.29. The second kappa shape index (κ2) is 23.7. The first-order valence-corrected chi connectivity index (χ1v) is 29.9. The summed E-state index contributed by atoms with van der Waals surface area (Å²) in [6.07, 6.45) is -35.7. The highest BCUT2D eigenvalue weighted by Gasteiger charge is 2.76. The van der Waals surface area contributed by atoms with Gasteiger partial charge in [0, 0.05) is 18.4 Å². The van der Waals surface area contributed by atoms with Crippen molar-refractivity contribution < 1.29 is 135 Å². The number of carbonyl (C=O) groups is 1. The Labute approximate surface area is 480 Å². The summed E-state index contributed by atoms with van der Waals surface area (Å²) in [6, 6.07) is 0. The minimum absolute atomic E-state index is 0.0169. The molecule has 2 bridgehead atoms. The first kappa shape index (κ1) is 63.9. The van der Waals surface area contributed by atoms with Crippen molar-refractivity contribution in [2.75, 3.05) is 33.5 Å². The number of hydrogen-bond acceptors (Lipinski definition) is 28. The van der Waals surface area contributed by atoms with E-state index in [0.29, 0.717) is 32.1 Å². The maximum absolute atomic E-state index is 13.8. The highest BCUT2D eigenvalue weighted by atomic mass is 32.3. The Morgan fingerprint density at radius 1 is 0.699 bits per heavy atom. The van der Waals surface area contributed by atoms with Gasteiger partial charge >= 0.3 is 5.97 Å². The number of aliphatic hydroxyl groups excluding tert-OH is 11. The van der Waals surface area contributed by atoms with Gasteiger partial charge in [-0.2, -0.15) is 0 Å². The number of allylic oxidation sites excluding steroid dienone is 2. The Morgan fingerprint density at radius 3 is 1.95 bits per heavy atom. The molecule has 1 spiro atoms. The van der Waals surface area contributed by atoms with Crippen LogP contribution in [-0.2, 0) is 76.2 Å². The van der Waals surface area contributed by atoms with Gasteiger partial charge < -0.3 is 118 Å². The minimum Gasteiger partial charge on any atom is -0.726 e. The predicted octanol–water partition coefficient (Wildman–Crippen LogP) is -3.39. The van der Waals surface area contributed by atoms with Crippen LogP contribution in [0, 0.1) is 39.4 Å². The molecule has 0 amide bonds. The summed E-state index contributed by atoms with van der Waals surface area (Å²) in [5.41, 5.74) is 0.134. The molecule has 4 aliphatic carbocycles. The van der Waals surface area contributed by atoms with Gasteiger partial charge in [0.1, 0.15) is 110 Å². The van der Waals surface area contributed by atoms with Crippen LogP contribution in [0.25, 0.3) is 0 Å². The number of ether oxygens (including phenoxy) is 12. The molecule has 3 saturated carbocycles. The van der Waals surface area contributed by atoms with Crippen LogP contribution in [0.3, 0.4) is 0 Å². The van der Waals surface area contributed by atoms with Gasteiger partial charge in [-0.3, -0.25) is 8.98 Å². The van der Waals surface area contributed by atoms with Crippen LogP contribution in [0.2, 0.25) is 0 Å². The number of fused-ring (bicyclic) bond motifs is 5.